The summed E-state index contributed by atoms with van der Waals surface area (Å²) < 4.78 is 58.2. The number of ether oxygens (including phenoxy) is 3. The van der Waals surface area contributed by atoms with Crippen LogP contribution in [0.2, 0.25) is 0 Å². The van der Waals surface area contributed by atoms with E-state index in [1.165, 1.54) is 4.90 Å². The van der Waals surface area contributed by atoms with Crippen LogP contribution >= 0.6 is 0 Å². The Bertz CT molecular complexity index is 2040. The molecule has 16 nitrogen and oxygen atoms in total. The van der Waals surface area contributed by atoms with Gasteiger partial charge in [0.15, 0.2) is 0 Å². The number of nitrogens with one attached hydrogen (secondary N) is 3. The van der Waals surface area contributed by atoms with Crippen molar-refractivity contribution in [1.82, 2.24) is 25.2 Å². The van der Waals surface area contributed by atoms with Crippen LogP contribution < -0.4 is 29.7 Å². The van der Waals surface area contributed by atoms with Crippen LogP contribution in [0.3, 0.4) is 0 Å². The molecule has 2 aromatic rings. The standard InChI is InChI=1S/C39H51FN6O10S/c1-23-6-4-5-7-25-19-39(25,36(49)44-57(52,53)38(22-40)10-11-38)43-33(47)30-18-27(21-46(30)35(48)32(24(2)16-23)42-37(50)51)56-34-28-9-8-26(54-3)17-29(28)31(20-41-34)45-12-14-55-15-13-45/h5,7-9,17,20,23-25,27,30,32,42H,4,6,10-16,18-19,21-22H2,1-3H3,(H,43,47)(H,44,49)(H,50,51)/t23-,24-,25-,27-,30+,32+,39-/m1/s1. The average molecular weight is 815 g/mol. The van der Waals surface area contributed by atoms with E-state index in [9.17, 15) is 37.1 Å². The maximum atomic E-state index is 14.5. The molecule has 0 spiro atoms. The summed E-state index contributed by atoms with van der Waals surface area (Å²) in [5, 5.41) is 16.5. The van der Waals surface area contributed by atoms with Crippen molar-refractivity contribution in [1.29, 1.82) is 0 Å². The molecule has 310 valence electrons. The van der Waals surface area contributed by atoms with Crippen molar-refractivity contribution in [2.45, 2.75) is 87.3 Å². The number of hydrogen-bond acceptors (Lipinski definition) is 11. The summed E-state index contributed by atoms with van der Waals surface area (Å²) >= 11 is 0. The third-order valence-electron chi connectivity index (χ3n) is 12.2. The Morgan fingerprint density at radius 3 is 2.58 bits per heavy atom. The zero-order chi connectivity index (χ0) is 40.7. The van der Waals surface area contributed by atoms with Gasteiger partial charge in [0.25, 0.3) is 5.91 Å². The third kappa shape index (κ3) is 8.07. The zero-order valence-corrected chi connectivity index (χ0v) is 33.2. The van der Waals surface area contributed by atoms with Gasteiger partial charge in [-0.05, 0) is 68.6 Å². The fourth-order valence-electron chi connectivity index (χ4n) is 8.50. The number of methoxy groups -OCH3 is 1. The van der Waals surface area contributed by atoms with E-state index in [1.54, 1.807) is 32.4 Å². The molecule has 2 aliphatic carbocycles. The number of benzene rings is 1. The predicted molar refractivity (Wildman–Crippen MR) is 206 cm³/mol. The number of carbonyl (C=O) groups excluding carboxylic acids is 3. The van der Waals surface area contributed by atoms with Crippen molar-refractivity contribution in [3.8, 4) is 11.6 Å². The number of morpholine rings is 1. The Morgan fingerprint density at radius 1 is 1.14 bits per heavy atom. The van der Waals surface area contributed by atoms with Gasteiger partial charge in [0.1, 0.15) is 40.9 Å². The van der Waals surface area contributed by atoms with E-state index >= 15 is 0 Å². The highest BCUT2D eigenvalue weighted by atomic mass is 32.2. The van der Waals surface area contributed by atoms with Crippen LogP contribution in [0, 0.1) is 17.8 Å². The SMILES string of the molecule is COc1ccc2c(O[C@@H]3C[C@H]4C(=O)N[C@]5(C(=O)NS(=O)(=O)C6(CF)CC6)C[C@H]5C=CCC[C@@H](C)C[C@@H](C)[C@H](NC(=O)O)C(=O)N4C3)ncc(N3CCOCC3)c2c1. The topological polar surface area (TPSA) is 206 Å². The number of anilines is 1. The molecule has 1 aromatic carbocycles. The highest BCUT2D eigenvalue weighted by molar-refractivity contribution is 7.91. The Balaban J connectivity index is 1.22. The number of halogens is 1. The summed E-state index contributed by atoms with van der Waals surface area (Å²) in [7, 11) is -2.83. The number of sulfonamides is 1. The minimum absolute atomic E-state index is 0.0475. The minimum Gasteiger partial charge on any atom is -0.497 e. The van der Waals surface area contributed by atoms with Crippen LogP contribution in [-0.4, -0.2) is 122 Å². The maximum absolute atomic E-state index is 14.5. The summed E-state index contributed by atoms with van der Waals surface area (Å²) in [5.74, 6) is -2.39. The Kier molecular flexibility index (Phi) is 11.3. The second kappa shape index (κ2) is 15.9. The second-order valence-electron chi connectivity index (χ2n) is 16.2. The number of nitrogens with zero attached hydrogens (tertiary/aromatic N) is 3. The molecule has 0 bridgehead atoms. The Hall–Kier alpha value is -4.71. The van der Waals surface area contributed by atoms with E-state index < -0.39 is 80.8 Å². The van der Waals surface area contributed by atoms with Crippen LogP contribution in [0.4, 0.5) is 14.9 Å². The number of pyridine rings is 1. The molecule has 7 atom stereocenters. The van der Waals surface area contributed by atoms with Crippen molar-refractivity contribution >= 4 is 50.3 Å². The lowest BCUT2D eigenvalue weighted by atomic mass is 9.88. The molecule has 18 heteroatoms. The van der Waals surface area contributed by atoms with Gasteiger partial charge in [-0.1, -0.05) is 26.0 Å². The molecule has 4 heterocycles. The number of allylic oxidation sites excluding steroid dienone is 1. The zero-order valence-electron chi connectivity index (χ0n) is 32.4. The number of hydrogen-bond donors (Lipinski definition) is 4. The van der Waals surface area contributed by atoms with Crippen LogP contribution in [0.1, 0.15) is 58.8 Å². The van der Waals surface area contributed by atoms with Gasteiger partial charge in [-0.3, -0.25) is 19.1 Å². The molecule has 0 radical (unpaired) electrons. The van der Waals surface area contributed by atoms with Crippen LogP contribution in [0.15, 0.2) is 36.5 Å². The summed E-state index contributed by atoms with van der Waals surface area (Å²) in [6, 6.07) is 3.06. The molecule has 5 aliphatic rings. The smallest absolute Gasteiger partial charge is 0.405 e. The van der Waals surface area contributed by atoms with E-state index in [-0.39, 0.29) is 44.0 Å². The van der Waals surface area contributed by atoms with Gasteiger partial charge >= 0.3 is 6.09 Å². The normalized spacial score (nSPS) is 30.2. The number of aromatic nitrogens is 1. The first-order valence-corrected chi connectivity index (χ1v) is 21.1. The van der Waals surface area contributed by atoms with Crippen molar-refractivity contribution in [3.63, 3.8) is 0 Å². The van der Waals surface area contributed by atoms with E-state index in [0.717, 1.165) is 11.1 Å². The minimum atomic E-state index is -4.40. The van der Waals surface area contributed by atoms with Crippen LogP contribution in [-0.2, 0) is 29.1 Å². The molecule has 0 unspecified atom stereocenters. The number of carbonyl (C=O) groups is 4. The van der Waals surface area contributed by atoms with Gasteiger partial charge in [0, 0.05) is 36.2 Å². The van der Waals surface area contributed by atoms with E-state index in [0.29, 0.717) is 56.7 Å². The molecule has 4 fully saturated rings. The van der Waals surface area contributed by atoms with Crippen molar-refractivity contribution in [2.75, 3.05) is 51.5 Å². The van der Waals surface area contributed by atoms with Crippen LogP contribution in [0.5, 0.6) is 11.6 Å². The average Bonchev–Trinajstić information content (AvgIpc) is 4.10. The van der Waals surface area contributed by atoms with Gasteiger partial charge in [-0.15, -0.1) is 0 Å². The summed E-state index contributed by atoms with van der Waals surface area (Å²) in [5.41, 5.74) is -0.818. The molecule has 4 N–H and O–H groups in total. The van der Waals surface area contributed by atoms with Crippen molar-refractivity contribution < 1.29 is 51.3 Å². The quantitative estimate of drug-likeness (QED) is 0.270. The molecule has 2 saturated carbocycles. The molecule has 7 rings (SSSR count). The molecule has 2 saturated heterocycles. The molecule has 57 heavy (non-hydrogen) atoms. The fraction of sp³-hybridized carbons (Fsp3) is 0.615. The number of carboxylic acid groups (broad SMARTS) is 1. The summed E-state index contributed by atoms with van der Waals surface area (Å²) in [4.78, 5) is 63.1. The largest absolute Gasteiger partial charge is 0.497 e. The molecular weight excluding hydrogens is 764 g/mol. The van der Waals surface area contributed by atoms with Gasteiger partial charge < -0.3 is 39.8 Å². The Morgan fingerprint density at radius 2 is 1.89 bits per heavy atom. The number of alkyl halides is 1. The van der Waals surface area contributed by atoms with E-state index in [2.05, 4.69) is 25.2 Å². The lowest BCUT2D eigenvalue weighted by Gasteiger charge is -2.32. The van der Waals surface area contributed by atoms with E-state index in [4.69, 9.17) is 14.2 Å². The highest BCUT2D eigenvalue weighted by Gasteiger charge is 2.64. The van der Waals surface area contributed by atoms with Crippen LogP contribution in [0.25, 0.3) is 10.8 Å². The van der Waals surface area contributed by atoms with Gasteiger partial charge in [-0.2, -0.15) is 0 Å². The van der Waals surface area contributed by atoms with Gasteiger partial charge in [-0.25, -0.2) is 22.6 Å². The first-order chi connectivity index (χ1) is 27.2. The number of amides is 4. The highest BCUT2D eigenvalue weighted by Crippen LogP contribution is 2.48. The Labute approximate surface area is 330 Å². The summed E-state index contributed by atoms with van der Waals surface area (Å²) in [6.45, 7) is 4.98. The monoisotopic (exact) mass is 814 g/mol. The predicted octanol–water partition coefficient (Wildman–Crippen LogP) is 2.90. The molecular formula is C39H51FN6O10S. The lowest BCUT2D eigenvalue weighted by molar-refractivity contribution is -0.142. The molecule has 3 aliphatic heterocycles. The first kappa shape index (κ1) is 40.5. The number of rotatable bonds is 9. The van der Waals surface area contributed by atoms with Gasteiger partial charge in [0.2, 0.25) is 27.7 Å². The summed E-state index contributed by atoms with van der Waals surface area (Å²) in [6.07, 6.45) is 5.17. The lowest BCUT2D eigenvalue weighted by Crippen LogP contribution is -2.59. The first-order valence-electron chi connectivity index (χ1n) is 19.6. The van der Waals surface area contributed by atoms with Crippen molar-refractivity contribution in [2.24, 2.45) is 17.8 Å². The van der Waals surface area contributed by atoms with Crippen molar-refractivity contribution in [3.05, 3.63) is 36.5 Å². The number of fused-ring (bicyclic) bond motifs is 3. The van der Waals surface area contributed by atoms with E-state index in [1.807, 2.05) is 25.1 Å². The fourth-order valence-corrected chi connectivity index (χ4v) is 9.93. The molecule has 4 amide bonds. The molecule has 1 aromatic heterocycles. The van der Waals surface area contributed by atoms with Gasteiger partial charge in [0.05, 0.1) is 38.8 Å². The third-order valence-corrected chi connectivity index (χ3v) is 14.3. The maximum Gasteiger partial charge on any atom is 0.405 e. The second-order valence-corrected chi connectivity index (χ2v) is 18.3.